The first-order chi connectivity index (χ1) is 12.0. The van der Waals surface area contributed by atoms with Gasteiger partial charge in [-0.3, -0.25) is 9.48 Å². The van der Waals surface area contributed by atoms with E-state index in [2.05, 4.69) is 53.7 Å². The Kier molecular flexibility index (Phi) is 5.50. The van der Waals surface area contributed by atoms with Crippen molar-refractivity contribution < 1.29 is 9.53 Å². The first kappa shape index (κ1) is 17.6. The van der Waals surface area contributed by atoms with Crippen LogP contribution in [0.2, 0.25) is 0 Å². The number of hydrogen-bond acceptors (Lipinski definition) is 4. The third kappa shape index (κ3) is 4.27. The van der Waals surface area contributed by atoms with Gasteiger partial charge in [0.05, 0.1) is 11.6 Å². The number of aromatic nitrogens is 2. The standard InChI is InChI=1S/C19H26N4O2/c1-22(2)13-15-6-4-14(5-7-15)12-20-19(24)16-9-11-25-18(16)17-8-10-21-23(17)3/h4-8,10,16,18H,9,11-13H2,1-3H3,(H,20,24)/t16-,18-/m1/s1. The summed E-state index contributed by atoms with van der Waals surface area (Å²) in [4.78, 5) is 14.8. The Morgan fingerprint density at radius 1 is 1.28 bits per heavy atom. The zero-order valence-corrected chi connectivity index (χ0v) is 15.1. The zero-order valence-electron chi connectivity index (χ0n) is 15.1. The Labute approximate surface area is 148 Å². The van der Waals surface area contributed by atoms with Gasteiger partial charge in [0.15, 0.2) is 0 Å². The van der Waals surface area contributed by atoms with E-state index < -0.39 is 0 Å². The second-order valence-electron chi connectivity index (χ2n) is 6.84. The number of carbonyl (C=O) groups is 1. The number of ether oxygens (including phenoxy) is 1. The lowest BCUT2D eigenvalue weighted by atomic mass is 9.98. The molecule has 1 aliphatic rings. The van der Waals surface area contributed by atoms with Crippen molar-refractivity contribution in [3.05, 3.63) is 53.3 Å². The molecule has 25 heavy (non-hydrogen) atoms. The molecular formula is C19H26N4O2. The van der Waals surface area contributed by atoms with Crippen molar-refractivity contribution in [1.82, 2.24) is 20.0 Å². The molecule has 1 saturated heterocycles. The topological polar surface area (TPSA) is 59.4 Å². The van der Waals surface area contributed by atoms with E-state index in [9.17, 15) is 4.79 Å². The van der Waals surface area contributed by atoms with Crippen LogP contribution < -0.4 is 5.32 Å². The van der Waals surface area contributed by atoms with Gasteiger partial charge in [-0.15, -0.1) is 0 Å². The smallest absolute Gasteiger partial charge is 0.226 e. The summed E-state index contributed by atoms with van der Waals surface area (Å²) in [6.07, 6.45) is 2.26. The first-order valence-electron chi connectivity index (χ1n) is 8.64. The maximum absolute atomic E-state index is 12.6. The quantitative estimate of drug-likeness (QED) is 0.871. The fourth-order valence-corrected chi connectivity index (χ4v) is 3.26. The van der Waals surface area contributed by atoms with Gasteiger partial charge in [-0.05, 0) is 37.7 Å². The van der Waals surface area contributed by atoms with Crippen LogP contribution in [0.4, 0.5) is 0 Å². The van der Waals surface area contributed by atoms with Crippen molar-refractivity contribution in [3.8, 4) is 0 Å². The summed E-state index contributed by atoms with van der Waals surface area (Å²) in [7, 11) is 5.98. The van der Waals surface area contributed by atoms with Crippen LogP contribution in [0.25, 0.3) is 0 Å². The van der Waals surface area contributed by atoms with Gasteiger partial charge in [0.2, 0.25) is 5.91 Å². The predicted molar refractivity (Wildman–Crippen MR) is 95.7 cm³/mol. The molecule has 2 atom stereocenters. The highest BCUT2D eigenvalue weighted by atomic mass is 16.5. The van der Waals surface area contributed by atoms with Crippen LogP contribution in [0.3, 0.4) is 0 Å². The summed E-state index contributed by atoms with van der Waals surface area (Å²) in [6, 6.07) is 10.3. The monoisotopic (exact) mass is 342 g/mol. The molecule has 2 aromatic rings. The summed E-state index contributed by atoms with van der Waals surface area (Å²) in [5.74, 6) is -0.121. The van der Waals surface area contributed by atoms with Gasteiger partial charge in [-0.1, -0.05) is 24.3 Å². The summed E-state index contributed by atoms with van der Waals surface area (Å²) < 4.78 is 7.57. The summed E-state index contributed by atoms with van der Waals surface area (Å²) >= 11 is 0. The number of benzene rings is 1. The molecule has 1 fully saturated rings. The molecule has 1 N–H and O–H groups in total. The average molecular weight is 342 g/mol. The maximum atomic E-state index is 12.6. The number of hydrogen-bond donors (Lipinski definition) is 1. The molecule has 0 bridgehead atoms. The van der Waals surface area contributed by atoms with Crippen LogP contribution in [-0.2, 0) is 29.7 Å². The first-order valence-corrected chi connectivity index (χ1v) is 8.64. The lowest BCUT2D eigenvalue weighted by molar-refractivity contribution is -0.127. The van der Waals surface area contributed by atoms with Gasteiger partial charge in [-0.2, -0.15) is 5.10 Å². The third-order valence-corrected chi connectivity index (χ3v) is 4.57. The maximum Gasteiger partial charge on any atom is 0.226 e. The molecule has 0 saturated carbocycles. The Hall–Kier alpha value is -2.18. The van der Waals surface area contributed by atoms with E-state index in [1.54, 1.807) is 10.9 Å². The number of nitrogens with zero attached hydrogens (tertiary/aromatic N) is 3. The fraction of sp³-hybridized carbons (Fsp3) is 0.474. The lowest BCUT2D eigenvalue weighted by Crippen LogP contribution is -2.32. The van der Waals surface area contributed by atoms with Crippen LogP contribution >= 0.6 is 0 Å². The van der Waals surface area contributed by atoms with Crippen molar-refractivity contribution in [3.63, 3.8) is 0 Å². The van der Waals surface area contributed by atoms with E-state index in [0.717, 1.165) is 24.2 Å². The lowest BCUT2D eigenvalue weighted by Gasteiger charge is -2.18. The number of nitrogens with one attached hydrogen (secondary N) is 1. The van der Waals surface area contributed by atoms with Crippen molar-refractivity contribution >= 4 is 5.91 Å². The van der Waals surface area contributed by atoms with E-state index in [-0.39, 0.29) is 17.9 Å². The molecule has 1 aromatic carbocycles. The van der Waals surface area contributed by atoms with Gasteiger partial charge in [-0.25, -0.2) is 0 Å². The van der Waals surface area contributed by atoms with E-state index >= 15 is 0 Å². The van der Waals surface area contributed by atoms with Gasteiger partial charge < -0.3 is 15.0 Å². The molecule has 6 heteroatoms. The van der Waals surface area contributed by atoms with E-state index in [1.165, 1.54) is 5.56 Å². The molecule has 0 unspecified atom stereocenters. The molecule has 3 rings (SSSR count). The number of rotatable bonds is 6. The Morgan fingerprint density at radius 2 is 2.00 bits per heavy atom. The molecule has 2 heterocycles. The zero-order chi connectivity index (χ0) is 17.8. The van der Waals surface area contributed by atoms with Crippen molar-refractivity contribution in [2.75, 3.05) is 20.7 Å². The van der Waals surface area contributed by atoms with Crippen molar-refractivity contribution in [2.45, 2.75) is 25.6 Å². The highest BCUT2D eigenvalue weighted by Gasteiger charge is 2.36. The van der Waals surface area contributed by atoms with Gasteiger partial charge >= 0.3 is 0 Å². The highest BCUT2D eigenvalue weighted by molar-refractivity contribution is 5.79. The minimum atomic E-state index is -0.213. The fourth-order valence-electron chi connectivity index (χ4n) is 3.26. The van der Waals surface area contributed by atoms with Gasteiger partial charge in [0.25, 0.3) is 0 Å². The summed E-state index contributed by atoms with van der Waals surface area (Å²) in [5.41, 5.74) is 3.32. The molecular weight excluding hydrogens is 316 g/mol. The highest BCUT2D eigenvalue weighted by Crippen LogP contribution is 2.34. The van der Waals surface area contributed by atoms with E-state index in [4.69, 9.17) is 4.74 Å². The molecule has 1 amide bonds. The van der Waals surface area contributed by atoms with Gasteiger partial charge in [0, 0.05) is 32.9 Å². The number of aryl methyl sites for hydroxylation is 1. The molecule has 1 aliphatic heterocycles. The number of carbonyl (C=O) groups excluding carboxylic acids is 1. The second kappa shape index (κ2) is 7.80. The predicted octanol–water partition coefficient (Wildman–Crippen LogP) is 1.88. The SMILES string of the molecule is CN(C)Cc1ccc(CNC(=O)[C@@H]2CCO[C@H]2c2ccnn2C)cc1. The number of amides is 1. The molecule has 134 valence electrons. The molecule has 0 spiro atoms. The van der Waals surface area contributed by atoms with Crippen LogP contribution in [0, 0.1) is 5.92 Å². The summed E-state index contributed by atoms with van der Waals surface area (Å²) in [5, 5.41) is 7.23. The normalized spacial score (nSPS) is 20.2. The Morgan fingerprint density at radius 3 is 2.64 bits per heavy atom. The summed E-state index contributed by atoms with van der Waals surface area (Å²) in [6.45, 7) is 2.06. The largest absolute Gasteiger partial charge is 0.371 e. The van der Waals surface area contributed by atoms with Crippen molar-refractivity contribution in [1.29, 1.82) is 0 Å². The van der Waals surface area contributed by atoms with Crippen LogP contribution in [0.5, 0.6) is 0 Å². The van der Waals surface area contributed by atoms with E-state index in [1.807, 2.05) is 13.1 Å². The van der Waals surface area contributed by atoms with Crippen LogP contribution in [-0.4, -0.2) is 41.3 Å². The molecule has 6 nitrogen and oxygen atoms in total. The minimum absolute atomic E-state index is 0.0427. The molecule has 0 radical (unpaired) electrons. The Bertz CT molecular complexity index is 708. The van der Waals surface area contributed by atoms with Crippen LogP contribution in [0.1, 0.15) is 29.3 Å². The molecule has 1 aromatic heterocycles. The van der Waals surface area contributed by atoms with Crippen molar-refractivity contribution in [2.24, 2.45) is 13.0 Å². The van der Waals surface area contributed by atoms with E-state index in [0.29, 0.717) is 13.2 Å². The molecule has 0 aliphatic carbocycles. The average Bonchev–Trinajstić information content (AvgIpc) is 3.21. The van der Waals surface area contributed by atoms with Gasteiger partial charge in [0.1, 0.15) is 6.10 Å². The van der Waals surface area contributed by atoms with Crippen LogP contribution in [0.15, 0.2) is 36.5 Å². The second-order valence-corrected chi connectivity index (χ2v) is 6.84. The Balaban J connectivity index is 1.58. The third-order valence-electron chi connectivity index (χ3n) is 4.57. The minimum Gasteiger partial charge on any atom is -0.371 e.